The summed E-state index contributed by atoms with van der Waals surface area (Å²) in [5.74, 6) is -0.112. The Balaban J connectivity index is 2.31. The largest absolute Gasteiger partial charge is 0.337 e. The molecule has 2 aromatic rings. The molecule has 21 heavy (non-hydrogen) atoms. The van der Waals surface area contributed by atoms with Crippen molar-refractivity contribution in [3.63, 3.8) is 0 Å². The standard InChI is InChI=1S/C13H15ClFN3O2S/c1-17-6-5-16-13(17)9-18(2)21(19,20)12-4-3-10(8-14)7-11(12)15/h3-7H,8-9H2,1-2H3. The van der Waals surface area contributed by atoms with Gasteiger partial charge in [-0.15, -0.1) is 11.6 Å². The van der Waals surface area contributed by atoms with Crippen LogP contribution in [0.15, 0.2) is 35.5 Å². The molecule has 2 rings (SSSR count). The highest BCUT2D eigenvalue weighted by Gasteiger charge is 2.25. The van der Waals surface area contributed by atoms with Gasteiger partial charge in [-0.2, -0.15) is 4.31 Å². The number of imidazole rings is 1. The maximum atomic E-state index is 14.0. The van der Waals surface area contributed by atoms with Gasteiger partial charge in [-0.05, 0) is 17.7 Å². The second-order valence-corrected chi connectivity index (χ2v) is 6.89. The van der Waals surface area contributed by atoms with Crippen molar-refractivity contribution in [1.29, 1.82) is 0 Å². The average Bonchev–Trinajstić information content (AvgIpc) is 2.83. The van der Waals surface area contributed by atoms with Gasteiger partial charge in [0, 0.05) is 32.4 Å². The van der Waals surface area contributed by atoms with Crippen molar-refractivity contribution in [2.45, 2.75) is 17.3 Å². The van der Waals surface area contributed by atoms with Gasteiger partial charge >= 0.3 is 0 Å². The normalized spacial score (nSPS) is 12.0. The van der Waals surface area contributed by atoms with Gasteiger partial charge in [-0.3, -0.25) is 0 Å². The van der Waals surface area contributed by atoms with Crippen molar-refractivity contribution < 1.29 is 12.8 Å². The Labute approximate surface area is 128 Å². The Bertz CT molecular complexity index is 746. The summed E-state index contributed by atoms with van der Waals surface area (Å²) in [6.45, 7) is 0.0581. The third kappa shape index (κ3) is 3.25. The highest BCUT2D eigenvalue weighted by Crippen LogP contribution is 2.21. The molecule has 0 aliphatic rings. The van der Waals surface area contributed by atoms with Crippen LogP contribution in [0.3, 0.4) is 0 Å². The van der Waals surface area contributed by atoms with Gasteiger partial charge in [0.1, 0.15) is 16.5 Å². The van der Waals surface area contributed by atoms with E-state index in [1.165, 1.54) is 19.2 Å². The SMILES string of the molecule is CN(Cc1nccn1C)S(=O)(=O)c1ccc(CCl)cc1F. The molecule has 0 atom stereocenters. The van der Waals surface area contributed by atoms with Gasteiger partial charge in [0.05, 0.1) is 6.54 Å². The zero-order chi connectivity index (χ0) is 15.6. The lowest BCUT2D eigenvalue weighted by atomic mass is 10.2. The van der Waals surface area contributed by atoms with Gasteiger partial charge < -0.3 is 4.57 Å². The second-order valence-electron chi connectivity index (χ2n) is 4.61. The smallest absolute Gasteiger partial charge is 0.246 e. The Hall–Kier alpha value is -1.44. The first kappa shape index (κ1) is 15.9. The number of rotatable bonds is 5. The molecule has 0 saturated carbocycles. The zero-order valence-electron chi connectivity index (χ0n) is 11.6. The van der Waals surface area contributed by atoms with E-state index in [2.05, 4.69) is 4.98 Å². The van der Waals surface area contributed by atoms with Crippen LogP contribution < -0.4 is 0 Å². The van der Waals surface area contributed by atoms with Crippen molar-refractivity contribution in [2.24, 2.45) is 7.05 Å². The van der Waals surface area contributed by atoms with Crippen LogP contribution in [0.1, 0.15) is 11.4 Å². The molecule has 0 amide bonds. The quantitative estimate of drug-likeness (QED) is 0.789. The summed E-state index contributed by atoms with van der Waals surface area (Å²) >= 11 is 5.60. The van der Waals surface area contributed by atoms with Crippen LogP contribution in [0.4, 0.5) is 4.39 Å². The van der Waals surface area contributed by atoms with Crippen LogP contribution in [0.5, 0.6) is 0 Å². The molecule has 1 heterocycles. The highest BCUT2D eigenvalue weighted by molar-refractivity contribution is 7.89. The van der Waals surface area contributed by atoms with Crippen LogP contribution in [0, 0.1) is 5.82 Å². The van der Waals surface area contributed by atoms with Gasteiger partial charge in [0.15, 0.2) is 0 Å². The number of hydrogen-bond donors (Lipinski definition) is 0. The predicted octanol–water partition coefficient (Wildman–Crippen LogP) is 2.12. The van der Waals surface area contributed by atoms with E-state index in [0.29, 0.717) is 11.4 Å². The number of alkyl halides is 1. The zero-order valence-corrected chi connectivity index (χ0v) is 13.2. The number of nitrogens with zero attached hydrogens (tertiary/aromatic N) is 3. The fourth-order valence-electron chi connectivity index (χ4n) is 1.84. The summed E-state index contributed by atoms with van der Waals surface area (Å²) < 4.78 is 41.5. The molecule has 0 bridgehead atoms. The predicted molar refractivity (Wildman–Crippen MR) is 77.8 cm³/mol. The van der Waals surface area contributed by atoms with Crippen molar-refractivity contribution in [3.8, 4) is 0 Å². The van der Waals surface area contributed by atoms with E-state index in [9.17, 15) is 12.8 Å². The lowest BCUT2D eigenvalue weighted by Gasteiger charge is -2.17. The maximum Gasteiger partial charge on any atom is 0.246 e. The molecule has 1 aromatic heterocycles. The molecule has 0 unspecified atom stereocenters. The van der Waals surface area contributed by atoms with E-state index < -0.39 is 15.8 Å². The molecule has 0 fully saturated rings. The third-order valence-electron chi connectivity index (χ3n) is 3.12. The first-order chi connectivity index (χ1) is 9.86. The summed E-state index contributed by atoms with van der Waals surface area (Å²) in [6.07, 6.45) is 3.29. The van der Waals surface area contributed by atoms with Crippen molar-refractivity contribution in [2.75, 3.05) is 7.05 Å². The van der Waals surface area contributed by atoms with Crippen LogP contribution in [-0.4, -0.2) is 29.3 Å². The molecule has 0 N–H and O–H groups in total. The van der Waals surface area contributed by atoms with E-state index in [0.717, 1.165) is 10.4 Å². The van der Waals surface area contributed by atoms with E-state index in [4.69, 9.17) is 11.6 Å². The van der Waals surface area contributed by atoms with Crippen LogP contribution >= 0.6 is 11.6 Å². The first-order valence-electron chi connectivity index (χ1n) is 6.13. The molecule has 0 aliphatic carbocycles. The Morgan fingerprint density at radius 1 is 1.43 bits per heavy atom. The molecule has 0 aliphatic heterocycles. The minimum absolute atomic E-state index is 0.0581. The summed E-state index contributed by atoms with van der Waals surface area (Å²) in [7, 11) is -0.775. The van der Waals surface area contributed by atoms with Gasteiger partial charge in [0.25, 0.3) is 0 Å². The molecule has 5 nitrogen and oxygen atoms in total. The van der Waals surface area contributed by atoms with E-state index in [1.807, 2.05) is 0 Å². The second kappa shape index (κ2) is 6.13. The monoisotopic (exact) mass is 331 g/mol. The minimum Gasteiger partial charge on any atom is -0.337 e. The molecule has 0 spiro atoms. The van der Waals surface area contributed by atoms with Gasteiger partial charge in [-0.1, -0.05) is 6.07 Å². The fourth-order valence-corrected chi connectivity index (χ4v) is 3.17. The van der Waals surface area contributed by atoms with Crippen molar-refractivity contribution >= 4 is 21.6 Å². The summed E-state index contributed by atoms with van der Waals surface area (Å²) in [5, 5.41) is 0. The third-order valence-corrected chi connectivity index (χ3v) is 5.27. The first-order valence-corrected chi connectivity index (χ1v) is 8.10. The fraction of sp³-hybridized carbons (Fsp3) is 0.308. The Morgan fingerprint density at radius 2 is 2.14 bits per heavy atom. The number of halogens is 2. The molecular weight excluding hydrogens is 317 g/mol. The maximum absolute atomic E-state index is 14.0. The molecule has 8 heteroatoms. The summed E-state index contributed by atoms with van der Waals surface area (Å²) in [4.78, 5) is 3.69. The lowest BCUT2D eigenvalue weighted by molar-refractivity contribution is 0.445. The Morgan fingerprint density at radius 3 is 2.67 bits per heavy atom. The number of hydrogen-bond acceptors (Lipinski definition) is 3. The molecule has 0 saturated heterocycles. The Kier molecular flexibility index (Phi) is 4.65. The van der Waals surface area contributed by atoms with Crippen LogP contribution in [-0.2, 0) is 29.5 Å². The molecule has 114 valence electrons. The van der Waals surface area contributed by atoms with Crippen LogP contribution in [0.25, 0.3) is 0 Å². The van der Waals surface area contributed by atoms with E-state index >= 15 is 0 Å². The van der Waals surface area contributed by atoms with E-state index in [1.54, 1.807) is 24.0 Å². The summed E-state index contributed by atoms with van der Waals surface area (Å²) in [5.41, 5.74) is 0.528. The van der Waals surface area contributed by atoms with Gasteiger partial charge in [-0.25, -0.2) is 17.8 Å². The topological polar surface area (TPSA) is 55.2 Å². The molecular formula is C13H15ClFN3O2S. The highest BCUT2D eigenvalue weighted by atomic mass is 35.5. The molecule has 1 aromatic carbocycles. The number of benzene rings is 1. The van der Waals surface area contributed by atoms with Crippen LogP contribution in [0.2, 0.25) is 0 Å². The van der Waals surface area contributed by atoms with Crippen molar-refractivity contribution in [3.05, 3.63) is 47.8 Å². The lowest BCUT2D eigenvalue weighted by Crippen LogP contribution is -2.28. The minimum atomic E-state index is -3.93. The number of aromatic nitrogens is 2. The van der Waals surface area contributed by atoms with Gasteiger partial charge in [0.2, 0.25) is 10.0 Å². The average molecular weight is 332 g/mol. The van der Waals surface area contributed by atoms with Crippen molar-refractivity contribution in [1.82, 2.24) is 13.9 Å². The number of aryl methyl sites for hydroxylation is 1. The summed E-state index contributed by atoms with van der Waals surface area (Å²) in [6, 6.07) is 3.86. The number of sulfonamides is 1. The molecule has 0 radical (unpaired) electrons. The van der Waals surface area contributed by atoms with E-state index in [-0.39, 0.29) is 17.3 Å².